The predicted octanol–water partition coefficient (Wildman–Crippen LogP) is 4.56. The van der Waals surface area contributed by atoms with Crippen LogP contribution in [0.5, 0.6) is 11.6 Å². The van der Waals surface area contributed by atoms with Crippen LogP contribution in [-0.4, -0.2) is 25.6 Å². The van der Waals surface area contributed by atoms with Crippen LogP contribution in [0.4, 0.5) is 5.69 Å². The van der Waals surface area contributed by atoms with Crippen molar-refractivity contribution in [2.75, 3.05) is 5.32 Å². The number of rotatable bonds is 6. The molecule has 0 aliphatic heterocycles. The Morgan fingerprint density at radius 1 is 0.968 bits per heavy atom. The molecule has 0 aliphatic rings. The van der Waals surface area contributed by atoms with Crippen molar-refractivity contribution >= 4 is 11.6 Å². The van der Waals surface area contributed by atoms with Gasteiger partial charge in [0, 0.05) is 30.2 Å². The first-order chi connectivity index (χ1) is 15.2. The summed E-state index contributed by atoms with van der Waals surface area (Å²) in [6, 6.07) is 17.4. The molecule has 5 rings (SSSR count). The summed E-state index contributed by atoms with van der Waals surface area (Å²) in [5.41, 5.74) is 0.723. The molecule has 0 fully saturated rings. The number of anilines is 1. The molecule has 9 heteroatoms. The van der Waals surface area contributed by atoms with E-state index in [9.17, 15) is 4.79 Å². The Kier molecular flexibility index (Phi) is 4.74. The number of hydrogen-bond donors (Lipinski definition) is 1. The van der Waals surface area contributed by atoms with Crippen LogP contribution < -0.4 is 10.1 Å². The van der Waals surface area contributed by atoms with Gasteiger partial charge < -0.3 is 23.6 Å². The van der Waals surface area contributed by atoms with E-state index in [-0.39, 0.29) is 5.69 Å². The summed E-state index contributed by atoms with van der Waals surface area (Å²) in [7, 11) is 0. The van der Waals surface area contributed by atoms with Crippen molar-refractivity contribution in [3.8, 4) is 29.0 Å². The molecule has 152 valence electrons. The number of amides is 1. The summed E-state index contributed by atoms with van der Waals surface area (Å²) in [4.78, 5) is 20.8. The third-order valence-electron chi connectivity index (χ3n) is 4.34. The van der Waals surface area contributed by atoms with Crippen LogP contribution in [-0.2, 0) is 0 Å². The number of ether oxygens (including phenoxy) is 1. The molecule has 0 aliphatic carbocycles. The minimum atomic E-state index is -0.401. The highest BCUT2D eigenvalue weighted by Gasteiger charge is 2.15. The monoisotopic (exact) mass is 413 g/mol. The van der Waals surface area contributed by atoms with Gasteiger partial charge in [-0.05, 0) is 48.5 Å². The van der Waals surface area contributed by atoms with E-state index in [0.29, 0.717) is 34.7 Å². The van der Waals surface area contributed by atoms with Gasteiger partial charge >= 0.3 is 0 Å². The maximum Gasteiger partial charge on any atom is 0.277 e. The third kappa shape index (κ3) is 4.06. The van der Waals surface area contributed by atoms with Crippen molar-refractivity contribution in [2.45, 2.75) is 0 Å². The molecule has 0 saturated heterocycles. The SMILES string of the molecule is O=C(Nc1ccc(Oc2cc(-n3cccc3)ncn2)cc1)c1cc(-c2ccco2)on1. The molecule has 4 aromatic heterocycles. The zero-order chi connectivity index (χ0) is 21.0. The summed E-state index contributed by atoms with van der Waals surface area (Å²) < 4.78 is 18.0. The molecule has 9 nitrogen and oxygen atoms in total. The molecule has 1 amide bonds. The van der Waals surface area contributed by atoms with Crippen LogP contribution in [0.25, 0.3) is 17.3 Å². The van der Waals surface area contributed by atoms with Crippen LogP contribution in [0.3, 0.4) is 0 Å². The van der Waals surface area contributed by atoms with E-state index in [0.717, 1.165) is 0 Å². The van der Waals surface area contributed by atoms with Gasteiger partial charge in [-0.15, -0.1) is 0 Å². The number of carbonyl (C=O) groups excluding carboxylic acids is 1. The first-order valence-corrected chi connectivity index (χ1v) is 9.30. The maximum absolute atomic E-state index is 12.4. The number of furan rings is 1. The molecule has 0 radical (unpaired) electrons. The van der Waals surface area contributed by atoms with Crippen LogP contribution >= 0.6 is 0 Å². The molecular weight excluding hydrogens is 398 g/mol. The van der Waals surface area contributed by atoms with Crippen LogP contribution in [0.15, 0.2) is 94.6 Å². The first kappa shape index (κ1) is 18.4. The predicted molar refractivity (Wildman–Crippen MR) is 110 cm³/mol. The fourth-order valence-corrected chi connectivity index (χ4v) is 2.85. The minimum Gasteiger partial charge on any atom is -0.461 e. The normalized spacial score (nSPS) is 10.7. The van der Waals surface area contributed by atoms with Crippen molar-refractivity contribution < 1.29 is 18.5 Å². The average molecular weight is 413 g/mol. The van der Waals surface area contributed by atoms with Gasteiger partial charge in [0.25, 0.3) is 5.91 Å². The fraction of sp³-hybridized carbons (Fsp3) is 0. The van der Waals surface area contributed by atoms with Gasteiger partial charge in [0.05, 0.1) is 6.26 Å². The summed E-state index contributed by atoms with van der Waals surface area (Å²) in [6.45, 7) is 0. The summed E-state index contributed by atoms with van der Waals surface area (Å²) in [5.74, 6) is 2.14. The zero-order valence-electron chi connectivity index (χ0n) is 16.0. The van der Waals surface area contributed by atoms with E-state index in [1.54, 1.807) is 42.5 Å². The minimum absolute atomic E-state index is 0.144. The maximum atomic E-state index is 12.4. The Balaban J connectivity index is 1.24. The Labute approximate surface area is 175 Å². The zero-order valence-corrected chi connectivity index (χ0v) is 16.0. The van der Waals surface area contributed by atoms with Gasteiger partial charge in [-0.25, -0.2) is 9.97 Å². The lowest BCUT2D eigenvalue weighted by atomic mass is 10.2. The largest absolute Gasteiger partial charge is 0.461 e. The molecule has 0 bridgehead atoms. The first-order valence-electron chi connectivity index (χ1n) is 9.30. The number of hydrogen-bond acceptors (Lipinski definition) is 7. The molecule has 1 aromatic carbocycles. The van der Waals surface area contributed by atoms with Gasteiger partial charge in [0.1, 0.15) is 17.9 Å². The fourth-order valence-electron chi connectivity index (χ4n) is 2.85. The van der Waals surface area contributed by atoms with E-state index >= 15 is 0 Å². The second kappa shape index (κ2) is 7.99. The highest BCUT2D eigenvalue weighted by Crippen LogP contribution is 2.24. The van der Waals surface area contributed by atoms with Crippen LogP contribution in [0.1, 0.15) is 10.5 Å². The van der Waals surface area contributed by atoms with E-state index in [1.807, 2.05) is 29.1 Å². The Morgan fingerprint density at radius 2 is 1.81 bits per heavy atom. The molecule has 1 N–H and O–H groups in total. The van der Waals surface area contributed by atoms with E-state index in [2.05, 4.69) is 20.4 Å². The lowest BCUT2D eigenvalue weighted by Gasteiger charge is -2.08. The molecule has 0 atom stereocenters. The van der Waals surface area contributed by atoms with E-state index in [4.69, 9.17) is 13.7 Å². The van der Waals surface area contributed by atoms with Gasteiger partial charge in [-0.3, -0.25) is 4.79 Å². The molecule has 31 heavy (non-hydrogen) atoms. The Bertz CT molecular complexity index is 1290. The van der Waals surface area contributed by atoms with Crippen molar-refractivity contribution in [1.29, 1.82) is 0 Å². The molecular formula is C22H15N5O4. The third-order valence-corrected chi connectivity index (χ3v) is 4.34. The van der Waals surface area contributed by atoms with Crippen molar-refractivity contribution in [3.63, 3.8) is 0 Å². The van der Waals surface area contributed by atoms with E-state index in [1.165, 1.54) is 18.7 Å². The highest BCUT2D eigenvalue weighted by atomic mass is 16.5. The smallest absolute Gasteiger partial charge is 0.277 e. The van der Waals surface area contributed by atoms with Gasteiger partial charge in [-0.1, -0.05) is 5.16 Å². The number of nitrogens with zero attached hydrogens (tertiary/aromatic N) is 4. The number of benzene rings is 1. The van der Waals surface area contributed by atoms with Crippen LogP contribution in [0, 0.1) is 0 Å². The highest BCUT2D eigenvalue weighted by molar-refractivity contribution is 6.03. The van der Waals surface area contributed by atoms with Gasteiger partial charge in [0.15, 0.2) is 11.5 Å². The second-order valence-corrected chi connectivity index (χ2v) is 6.44. The second-order valence-electron chi connectivity index (χ2n) is 6.44. The topological polar surface area (TPSA) is 108 Å². The number of aromatic nitrogens is 4. The summed E-state index contributed by atoms with van der Waals surface area (Å²) >= 11 is 0. The molecule has 0 spiro atoms. The Morgan fingerprint density at radius 3 is 2.58 bits per heavy atom. The van der Waals surface area contributed by atoms with Gasteiger partial charge in [-0.2, -0.15) is 0 Å². The Hall–Kier alpha value is -4.66. The van der Waals surface area contributed by atoms with Crippen molar-refractivity contribution in [2.24, 2.45) is 0 Å². The molecule has 4 heterocycles. The quantitative estimate of drug-likeness (QED) is 0.435. The number of nitrogens with one attached hydrogen (secondary N) is 1. The lowest BCUT2D eigenvalue weighted by molar-refractivity contribution is 0.101. The van der Waals surface area contributed by atoms with Crippen LogP contribution in [0.2, 0.25) is 0 Å². The standard InChI is InChI=1S/C22H15N5O4/c28-22(17-12-19(31-26-17)18-4-3-11-29-18)25-15-5-7-16(8-6-15)30-21-13-20(23-14-24-21)27-9-1-2-10-27/h1-14H,(H,25,28). The van der Waals surface area contributed by atoms with Crippen molar-refractivity contribution in [3.05, 3.63) is 91.3 Å². The van der Waals surface area contributed by atoms with Gasteiger partial charge in [0.2, 0.25) is 11.6 Å². The molecule has 0 unspecified atom stereocenters. The molecule has 5 aromatic rings. The average Bonchev–Trinajstić information content (AvgIpc) is 3.57. The summed E-state index contributed by atoms with van der Waals surface area (Å²) in [6.07, 6.45) is 6.73. The number of carbonyl (C=O) groups is 1. The summed E-state index contributed by atoms with van der Waals surface area (Å²) in [5, 5.41) is 6.54. The van der Waals surface area contributed by atoms with Crippen molar-refractivity contribution in [1.82, 2.24) is 19.7 Å². The molecule has 0 saturated carbocycles. The van der Waals surface area contributed by atoms with E-state index < -0.39 is 5.91 Å². The lowest BCUT2D eigenvalue weighted by Crippen LogP contribution is -2.11.